The van der Waals surface area contributed by atoms with Gasteiger partial charge in [0.15, 0.2) is 0 Å². The summed E-state index contributed by atoms with van der Waals surface area (Å²) in [4.78, 5) is 14.5. The Morgan fingerprint density at radius 3 is 2.95 bits per heavy atom. The van der Waals surface area contributed by atoms with Crippen molar-refractivity contribution in [2.24, 2.45) is 0 Å². The Bertz CT molecular complexity index is 588. The predicted octanol–water partition coefficient (Wildman–Crippen LogP) is 2.13. The molecule has 100 valence electrons. The molecule has 4 N–H and O–H groups in total. The molecule has 0 saturated heterocycles. The van der Waals surface area contributed by atoms with E-state index in [4.69, 9.17) is 5.73 Å². The van der Waals surface area contributed by atoms with E-state index >= 15 is 0 Å². The van der Waals surface area contributed by atoms with Gasteiger partial charge in [-0.05, 0) is 24.6 Å². The lowest BCUT2D eigenvalue weighted by Gasteiger charge is -2.10. The van der Waals surface area contributed by atoms with Gasteiger partial charge in [0.05, 0.1) is 0 Å². The highest BCUT2D eigenvalue weighted by molar-refractivity contribution is 9.10. The largest absolute Gasteiger partial charge is 0.398 e. The van der Waals surface area contributed by atoms with Crippen molar-refractivity contribution in [1.82, 2.24) is 10.3 Å². The molecule has 1 amide bonds. The van der Waals surface area contributed by atoms with Gasteiger partial charge in [0.2, 0.25) is 6.41 Å². The molecule has 0 atom stereocenters. The van der Waals surface area contributed by atoms with Crippen molar-refractivity contribution >= 4 is 44.6 Å². The summed E-state index contributed by atoms with van der Waals surface area (Å²) in [6.45, 7) is 1.38. The molecule has 0 spiro atoms. The summed E-state index contributed by atoms with van der Waals surface area (Å²) in [6.07, 6.45) is 3.27. The van der Waals surface area contributed by atoms with E-state index in [0.29, 0.717) is 13.0 Å². The highest BCUT2D eigenvalue weighted by Gasteiger charge is 2.05. The Morgan fingerprint density at radius 1 is 1.32 bits per heavy atom. The predicted molar refractivity (Wildman–Crippen MR) is 81.0 cm³/mol. The van der Waals surface area contributed by atoms with Gasteiger partial charge in [-0.1, -0.05) is 15.9 Å². The van der Waals surface area contributed by atoms with Crippen LogP contribution in [0.15, 0.2) is 28.9 Å². The molecule has 6 heteroatoms. The summed E-state index contributed by atoms with van der Waals surface area (Å²) >= 11 is 3.44. The number of pyridine rings is 1. The number of carbonyl (C=O) groups is 1. The van der Waals surface area contributed by atoms with E-state index in [2.05, 4.69) is 31.5 Å². The molecular formula is C13H15BrN4O. The SMILES string of the molecule is Nc1cc(Br)cc2c(NCCCNC=O)nccc12. The van der Waals surface area contributed by atoms with E-state index < -0.39 is 0 Å². The number of nitrogens with two attached hydrogens (primary N) is 1. The van der Waals surface area contributed by atoms with Gasteiger partial charge in [-0.15, -0.1) is 0 Å². The first-order chi connectivity index (χ1) is 9.22. The third-order valence-corrected chi connectivity index (χ3v) is 3.21. The molecule has 5 nitrogen and oxygen atoms in total. The molecule has 0 saturated carbocycles. The molecule has 0 fully saturated rings. The topological polar surface area (TPSA) is 80.0 Å². The highest BCUT2D eigenvalue weighted by atomic mass is 79.9. The van der Waals surface area contributed by atoms with Crippen LogP contribution in [0.25, 0.3) is 10.8 Å². The summed E-state index contributed by atoms with van der Waals surface area (Å²) in [5, 5.41) is 7.84. The highest BCUT2D eigenvalue weighted by Crippen LogP contribution is 2.29. The van der Waals surface area contributed by atoms with E-state index in [1.165, 1.54) is 0 Å². The molecule has 0 aliphatic carbocycles. The Hall–Kier alpha value is -1.82. The van der Waals surface area contributed by atoms with Crippen molar-refractivity contribution in [2.45, 2.75) is 6.42 Å². The Balaban J connectivity index is 2.16. The molecule has 2 aromatic rings. The molecule has 0 aliphatic rings. The first-order valence-electron chi connectivity index (χ1n) is 5.97. The number of carbonyl (C=O) groups excluding carboxylic acids is 1. The quantitative estimate of drug-likeness (QED) is 0.432. The number of fused-ring (bicyclic) bond motifs is 1. The molecule has 1 aromatic carbocycles. The van der Waals surface area contributed by atoms with Crippen LogP contribution in [-0.4, -0.2) is 24.5 Å². The van der Waals surface area contributed by atoms with Crippen LogP contribution in [0.2, 0.25) is 0 Å². The van der Waals surface area contributed by atoms with Crippen LogP contribution in [0, 0.1) is 0 Å². The molecule has 0 bridgehead atoms. The summed E-state index contributed by atoms with van der Waals surface area (Å²) in [6, 6.07) is 5.76. The van der Waals surface area contributed by atoms with Gasteiger partial charge >= 0.3 is 0 Å². The molecule has 1 heterocycles. The minimum absolute atomic E-state index is 0.646. The molecule has 0 unspecified atom stereocenters. The third-order valence-electron chi connectivity index (χ3n) is 2.75. The standard InChI is InChI=1S/C13H15BrN4O/c14-9-6-11-10(12(15)7-9)2-5-18-13(11)17-4-1-3-16-8-19/h2,5-8H,1,3-4,15H2,(H,16,19)(H,17,18). The van der Waals surface area contributed by atoms with E-state index in [-0.39, 0.29) is 0 Å². The number of aromatic nitrogens is 1. The maximum absolute atomic E-state index is 10.1. The number of halogens is 1. The first-order valence-corrected chi connectivity index (χ1v) is 6.76. The van der Waals surface area contributed by atoms with Crippen molar-refractivity contribution in [3.05, 3.63) is 28.9 Å². The number of benzene rings is 1. The lowest BCUT2D eigenvalue weighted by molar-refractivity contribution is -0.109. The fourth-order valence-electron chi connectivity index (χ4n) is 1.87. The van der Waals surface area contributed by atoms with Gasteiger partial charge in [0.25, 0.3) is 0 Å². The van der Waals surface area contributed by atoms with Crippen molar-refractivity contribution in [3.63, 3.8) is 0 Å². The van der Waals surface area contributed by atoms with E-state index in [1.807, 2.05) is 18.2 Å². The van der Waals surface area contributed by atoms with Crippen LogP contribution in [0.1, 0.15) is 6.42 Å². The lowest BCUT2D eigenvalue weighted by atomic mass is 10.1. The van der Waals surface area contributed by atoms with Crippen LogP contribution in [0.3, 0.4) is 0 Å². The van der Waals surface area contributed by atoms with Crippen LogP contribution in [0.4, 0.5) is 11.5 Å². The third kappa shape index (κ3) is 3.35. The number of nitrogens with zero attached hydrogens (tertiary/aromatic N) is 1. The zero-order valence-electron chi connectivity index (χ0n) is 10.3. The van der Waals surface area contributed by atoms with Crippen LogP contribution in [0.5, 0.6) is 0 Å². The fraction of sp³-hybridized carbons (Fsp3) is 0.231. The smallest absolute Gasteiger partial charge is 0.207 e. The zero-order chi connectivity index (χ0) is 13.7. The number of anilines is 2. The summed E-state index contributed by atoms with van der Waals surface area (Å²) in [5.74, 6) is 0.802. The molecule has 0 aliphatic heterocycles. The molecule has 2 rings (SSSR count). The van der Waals surface area contributed by atoms with Crippen LogP contribution < -0.4 is 16.4 Å². The minimum atomic E-state index is 0.646. The van der Waals surface area contributed by atoms with E-state index in [9.17, 15) is 4.79 Å². The zero-order valence-corrected chi connectivity index (χ0v) is 11.9. The van der Waals surface area contributed by atoms with Crippen LogP contribution in [-0.2, 0) is 4.79 Å². The van der Waals surface area contributed by atoms with E-state index in [1.54, 1.807) is 6.20 Å². The average molecular weight is 323 g/mol. The van der Waals surface area contributed by atoms with E-state index in [0.717, 1.165) is 39.7 Å². The number of hydrogen-bond donors (Lipinski definition) is 3. The van der Waals surface area contributed by atoms with Gasteiger partial charge < -0.3 is 16.4 Å². The van der Waals surface area contributed by atoms with Crippen molar-refractivity contribution in [2.75, 3.05) is 24.1 Å². The maximum Gasteiger partial charge on any atom is 0.207 e. The average Bonchev–Trinajstić information content (AvgIpc) is 2.39. The number of hydrogen-bond acceptors (Lipinski definition) is 4. The maximum atomic E-state index is 10.1. The van der Waals surface area contributed by atoms with Gasteiger partial charge in [-0.3, -0.25) is 4.79 Å². The molecule has 19 heavy (non-hydrogen) atoms. The van der Waals surface area contributed by atoms with Crippen molar-refractivity contribution < 1.29 is 4.79 Å². The molecule has 1 aromatic heterocycles. The Morgan fingerprint density at radius 2 is 2.16 bits per heavy atom. The summed E-state index contributed by atoms with van der Waals surface area (Å²) < 4.78 is 0.927. The van der Waals surface area contributed by atoms with Crippen LogP contribution >= 0.6 is 15.9 Å². The minimum Gasteiger partial charge on any atom is -0.398 e. The van der Waals surface area contributed by atoms with Gasteiger partial charge in [-0.25, -0.2) is 4.98 Å². The Kier molecular flexibility index (Phi) is 4.57. The monoisotopic (exact) mass is 322 g/mol. The summed E-state index contributed by atoms with van der Waals surface area (Å²) in [5.41, 5.74) is 6.71. The van der Waals surface area contributed by atoms with Gasteiger partial charge in [0, 0.05) is 40.2 Å². The van der Waals surface area contributed by atoms with Gasteiger partial charge in [-0.2, -0.15) is 0 Å². The number of nitrogens with one attached hydrogen (secondary N) is 2. The Labute approximate surface area is 119 Å². The number of rotatable bonds is 6. The van der Waals surface area contributed by atoms with Crippen molar-refractivity contribution in [3.8, 4) is 0 Å². The number of nitrogen functional groups attached to an aromatic ring is 1. The van der Waals surface area contributed by atoms with Crippen molar-refractivity contribution in [1.29, 1.82) is 0 Å². The van der Waals surface area contributed by atoms with Gasteiger partial charge in [0.1, 0.15) is 5.82 Å². The first kappa shape index (κ1) is 13.6. The second-order valence-electron chi connectivity index (χ2n) is 4.10. The lowest BCUT2D eigenvalue weighted by Crippen LogP contribution is -2.16. The normalized spacial score (nSPS) is 10.4. The number of amides is 1. The second-order valence-corrected chi connectivity index (χ2v) is 5.02. The summed E-state index contributed by atoms with van der Waals surface area (Å²) in [7, 11) is 0. The fourth-order valence-corrected chi connectivity index (χ4v) is 2.35. The molecule has 0 radical (unpaired) electrons. The molecular weight excluding hydrogens is 308 g/mol. The second kappa shape index (κ2) is 6.38.